The summed E-state index contributed by atoms with van der Waals surface area (Å²) >= 11 is 0. The van der Waals surface area contributed by atoms with Gasteiger partial charge in [-0.25, -0.2) is 13.4 Å². The number of nitrogens with zero attached hydrogens (tertiary/aromatic N) is 1. The molecular formula is C9H13ClN2O2S. The van der Waals surface area contributed by atoms with E-state index in [1.165, 1.54) is 0 Å². The molecule has 0 spiro atoms. The van der Waals surface area contributed by atoms with E-state index in [1.807, 2.05) is 23.5 Å². The van der Waals surface area contributed by atoms with Gasteiger partial charge in [0.2, 0.25) is 5.82 Å². The summed E-state index contributed by atoms with van der Waals surface area (Å²) < 4.78 is 22.4. The SMILES string of the molecule is O=S1(=O)CCC([NH2+]c2ccccn2)C1.[Cl-]. The Balaban J connectivity index is 0.00000112. The third-order valence-corrected chi connectivity index (χ3v) is 4.16. The van der Waals surface area contributed by atoms with Crippen LogP contribution < -0.4 is 17.7 Å². The van der Waals surface area contributed by atoms with E-state index in [9.17, 15) is 8.42 Å². The van der Waals surface area contributed by atoms with Crippen molar-refractivity contribution in [1.82, 2.24) is 4.98 Å². The lowest BCUT2D eigenvalue weighted by Crippen LogP contribution is -3.00. The summed E-state index contributed by atoms with van der Waals surface area (Å²) in [4.78, 5) is 4.14. The lowest BCUT2D eigenvalue weighted by molar-refractivity contribution is -0.608. The average molecular weight is 249 g/mol. The van der Waals surface area contributed by atoms with E-state index >= 15 is 0 Å². The van der Waals surface area contributed by atoms with Crippen LogP contribution in [0.15, 0.2) is 24.4 Å². The maximum absolute atomic E-state index is 11.2. The summed E-state index contributed by atoms with van der Waals surface area (Å²) in [6, 6.07) is 5.80. The number of rotatable bonds is 2. The molecular weight excluding hydrogens is 236 g/mol. The number of pyridine rings is 1. The Morgan fingerprint density at radius 3 is 2.73 bits per heavy atom. The number of nitrogens with two attached hydrogens (primary N) is 1. The fraction of sp³-hybridized carbons (Fsp3) is 0.444. The summed E-state index contributed by atoms with van der Waals surface area (Å²) in [5.74, 6) is 1.47. The van der Waals surface area contributed by atoms with Crippen LogP contribution in [0, 0.1) is 0 Å². The molecule has 1 atom stereocenters. The Hall–Kier alpha value is -0.650. The van der Waals surface area contributed by atoms with Gasteiger partial charge in [-0.05, 0) is 6.07 Å². The molecule has 2 rings (SSSR count). The van der Waals surface area contributed by atoms with Crippen LogP contribution in [0.25, 0.3) is 0 Å². The summed E-state index contributed by atoms with van der Waals surface area (Å²) in [6.45, 7) is 0. The molecule has 1 aliphatic rings. The maximum Gasteiger partial charge on any atom is 0.224 e. The van der Waals surface area contributed by atoms with Gasteiger partial charge in [0.15, 0.2) is 9.84 Å². The van der Waals surface area contributed by atoms with Crippen LogP contribution in [0.4, 0.5) is 5.82 Å². The minimum atomic E-state index is -2.77. The molecule has 15 heavy (non-hydrogen) atoms. The van der Waals surface area contributed by atoms with Gasteiger partial charge >= 0.3 is 0 Å². The lowest BCUT2D eigenvalue weighted by atomic mass is 10.2. The highest BCUT2D eigenvalue weighted by atomic mass is 35.5. The van der Waals surface area contributed by atoms with Crippen LogP contribution in [0.1, 0.15) is 6.42 Å². The number of halogens is 1. The van der Waals surface area contributed by atoms with Crippen molar-refractivity contribution in [3.8, 4) is 0 Å². The zero-order valence-corrected chi connectivity index (χ0v) is 9.71. The monoisotopic (exact) mass is 248 g/mol. The highest BCUT2D eigenvalue weighted by Gasteiger charge is 2.30. The van der Waals surface area contributed by atoms with E-state index < -0.39 is 9.84 Å². The first-order chi connectivity index (χ1) is 6.66. The molecule has 0 radical (unpaired) electrons. The van der Waals surface area contributed by atoms with Crippen molar-refractivity contribution < 1.29 is 26.1 Å². The standard InChI is InChI=1S/C9H12N2O2S.ClH/c12-14(13)6-4-8(7-14)11-9-3-1-2-5-10-9;/h1-3,5,8H,4,6-7H2,(H,10,11);1H. The molecule has 1 aromatic heterocycles. The molecule has 1 aromatic rings. The molecule has 2 N–H and O–H groups in total. The van der Waals surface area contributed by atoms with E-state index in [0.717, 1.165) is 12.2 Å². The van der Waals surface area contributed by atoms with Crippen molar-refractivity contribution in [3.63, 3.8) is 0 Å². The van der Waals surface area contributed by atoms with E-state index in [1.54, 1.807) is 6.20 Å². The molecule has 1 fully saturated rings. The van der Waals surface area contributed by atoms with E-state index in [4.69, 9.17) is 0 Å². The van der Waals surface area contributed by atoms with E-state index in [0.29, 0.717) is 5.75 Å². The number of quaternary nitrogens is 1. The number of hydrogen-bond donors (Lipinski definition) is 1. The number of aromatic nitrogens is 1. The van der Waals surface area contributed by atoms with Gasteiger partial charge < -0.3 is 12.4 Å². The van der Waals surface area contributed by atoms with Gasteiger partial charge in [-0.15, -0.1) is 0 Å². The van der Waals surface area contributed by atoms with E-state index in [-0.39, 0.29) is 24.2 Å². The topological polar surface area (TPSA) is 63.6 Å². The molecule has 1 unspecified atom stereocenters. The molecule has 6 heteroatoms. The second-order valence-electron chi connectivity index (χ2n) is 3.58. The smallest absolute Gasteiger partial charge is 0.224 e. The summed E-state index contributed by atoms with van der Waals surface area (Å²) in [7, 11) is -2.77. The minimum absolute atomic E-state index is 0. The fourth-order valence-electron chi connectivity index (χ4n) is 1.67. The third kappa shape index (κ3) is 3.44. The zero-order valence-electron chi connectivity index (χ0n) is 8.14. The van der Waals surface area contributed by atoms with Gasteiger partial charge in [0.05, 0.1) is 5.75 Å². The van der Waals surface area contributed by atoms with Gasteiger partial charge in [-0.3, -0.25) is 5.32 Å². The van der Waals surface area contributed by atoms with Crippen molar-refractivity contribution in [2.45, 2.75) is 12.5 Å². The normalized spacial score (nSPS) is 23.3. The quantitative estimate of drug-likeness (QED) is 0.590. The first-order valence-corrected chi connectivity index (χ1v) is 6.44. The fourth-order valence-corrected chi connectivity index (χ4v) is 3.42. The van der Waals surface area contributed by atoms with E-state index in [2.05, 4.69) is 4.98 Å². The predicted octanol–water partition coefficient (Wildman–Crippen LogP) is -3.53. The molecule has 2 heterocycles. The molecule has 1 saturated heterocycles. The molecule has 4 nitrogen and oxygen atoms in total. The highest BCUT2D eigenvalue weighted by Crippen LogP contribution is 2.08. The first kappa shape index (κ1) is 12.4. The van der Waals surface area contributed by atoms with Crippen LogP contribution >= 0.6 is 0 Å². The number of sulfone groups is 1. The molecule has 0 amide bonds. The maximum atomic E-state index is 11.2. The van der Waals surface area contributed by atoms with Gasteiger partial charge in [-0.2, -0.15) is 0 Å². The third-order valence-electron chi connectivity index (χ3n) is 2.36. The zero-order chi connectivity index (χ0) is 10.0. The van der Waals surface area contributed by atoms with Crippen molar-refractivity contribution >= 4 is 15.7 Å². The molecule has 84 valence electrons. The van der Waals surface area contributed by atoms with Gasteiger partial charge in [0, 0.05) is 18.7 Å². The number of hydrogen-bond acceptors (Lipinski definition) is 3. The Bertz CT molecular complexity index is 407. The minimum Gasteiger partial charge on any atom is -1.00 e. The van der Waals surface area contributed by atoms with Crippen LogP contribution in [0.5, 0.6) is 0 Å². The Labute approximate surface area is 95.4 Å². The van der Waals surface area contributed by atoms with Crippen molar-refractivity contribution in [2.75, 3.05) is 11.5 Å². The predicted molar refractivity (Wildman–Crippen MR) is 52.9 cm³/mol. The van der Waals surface area contributed by atoms with Crippen LogP contribution in [-0.2, 0) is 9.84 Å². The average Bonchev–Trinajstić information content (AvgIpc) is 2.47. The van der Waals surface area contributed by atoms with Crippen molar-refractivity contribution in [1.29, 1.82) is 0 Å². The van der Waals surface area contributed by atoms with Crippen LogP contribution in [0.2, 0.25) is 0 Å². The second-order valence-corrected chi connectivity index (χ2v) is 5.81. The van der Waals surface area contributed by atoms with Crippen LogP contribution in [-0.4, -0.2) is 30.9 Å². The Morgan fingerprint density at radius 2 is 2.20 bits per heavy atom. The van der Waals surface area contributed by atoms with Crippen molar-refractivity contribution in [3.05, 3.63) is 24.4 Å². The molecule has 0 saturated carbocycles. The Kier molecular flexibility index (Phi) is 4.07. The highest BCUT2D eigenvalue weighted by molar-refractivity contribution is 7.91. The van der Waals surface area contributed by atoms with Gasteiger partial charge in [-0.1, -0.05) is 6.07 Å². The molecule has 0 aliphatic carbocycles. The Morgan fingerprint density at radius 1 is 1.40 bits per heavy atom. The lowest BCUT2D eigenvalue weighted by Gasteiger charge is -2.04. The van der Waals surface area contributed by atoms with Crippen LogP contribution in [0.3, 0.4) is 0 Å². The molecule has 0 aromatic carbocycles. The largest absolute Gasteiger partial charge is 1.00 e. The summed E-state index contributed by atoms with van der Waals surface area (Å²) in [5, 5.41) is 1.95. The molecule has 1 aliphatic heterocycles. The van der Waals surface area contributed by atoms with Gasteiger partial charge in [0.25, 0.3) is 0 Å². The summed E-state index contributed by atoms with van der Waals surface area (Å²) in [5.41, 5.74) is 0. The van der Waals surface area contributed by atoms with Crippen molar-refractivity contribution in [2.24, 2.45) is 0 Å². The molecule has 0 bridgehead atoms. The summed E-state index contributed by atoms with van der Waals surface area (Å²) in [6.07, 6.45) is 2.45. The van der Waals surface area contributed by atoms with Gasteiger partial charge in [0.1, 0.15) is 11.8 Å². The second kappa shape index (κ2) is 4.92. The first-order valence-electron chi connectivity index (χ1n) is 4.62.